The topological polar surface area (TPSA) is 60.7 Å². The molecule has 0 unspecified atom stereocenters. The van der Waals surface area contributed by atoms with E-state index in [9.17, 15) is 8.42 Å². The number of nitrogens with zero attached hydrogens (tertiary/aromatic N) is 2. The van der Waals surface area contributed by atoms with E-state index in [2.05, 4.69) is 4.40 Å². The molecule has 0 saturated heterocycles. The molecular formula is C17H17ClN2O3S2. The van der Waals surface area contributed by atoms with E-state index in [0.717, 1.165) is 10.2 Å². The zero-order valence-corrected chi connectivity index (χ0v) is 15.9. The van der Waals surface area contributed by atoms with Crippen LogP contribution in [0.5, 0.6) is 0 Å². The van der Waals surface area contributed by atoms with Gasteiger partial charge in [-0.1, -0.05) is 35.1 Å². The summed E-state index contributed by atoms with van der Waals surface area (Å²) >= 11 is 7.17. The van der Waals surface area contributed by atoms with Crippen molar-refractivity contribution in [1.82, 2.24) is 4.57 Å². The molecule has 8 heteroatoms. The van der Waals surface area contributed by atoms with Gasteiger partial charge in [0.05, 0.1) is 21.7 Å². The number of halogens is 1. The van der Waals surface area contributed by atoms with Crippen LogP contribution in [0, 0.1) is 0 Å². The average Bonchev–Trinajstić information content (AvgIpc) is 2.92. The van der Waals surface area contributed by atoms with Crippen LogP contribution in [0.4, 0.5) is 0 Å². The molecule has 0 radical (unpaired) electrons. The third kappa shape index (κ3) is 4.12. The number of rotatable bonds is 6. The highest BCUT2D eigenvalue weighted by Crippen LogP contribution is 2.19. The maximum Gasteiger partial charge on any atom is 0.285 e. The second kappa shape index (κ2) is 7.70. The van der Waals surface area contributed by atoms with Crippen LogP contribution < -0.4 is 4.80 Å². The number of fused-ring (bicyclic) bond motifs is 1. The largest absolute Gasteiger partial charge is 0.380 e. The van der Waals surface area contributed by atoms with Crippen molar-refractivity contribution in [3.05, 3.63) is 58.4 Å². The minimum atomic E-state index is -3.82. The number of thiazole rings is 1. The summed E-state index contributed by atoms with van der Waals surface area (Å²) in [5, 5.41) is 0.479. The molecule has 0 aliphatic carbocycles. The Morgan fingerprint density at radius 2 is 1.88 bits per heavy atom. The fourth-order valence-electron chi connectivity index (χ4n) is 2.37. The predicted octanol–water partition coefficient (Wildman–Crippen LogP) is 3.68. The van der Waals surface area contributed by atoms with Crippen molar-refractivity contribution in [2.75, 3.05) is 13.2 Å². The van der Waals surface area contributed by atoms with E-state index in [4.69, 9.17) is 16.3 Å². The summed E-state index contributed by atoms with van der Waals surface area (Å²) < 4.78 is 37.6. The standard InChI is InChI=1S/C17H17ClN2O3S2/c1-2-23-12-11-20-15-5-3-4-6-16(15)24-17(20)19-25(21,22)14-9-7-13(18)8-10-14/h3-10H,2,11-12H2,1H3/b19-17-. The second-order valence-electron chi connectivity index (χ2n) is 5.22. The van der Waals surface area contributed by atoms with Gasteiger partial charge in [0.2, 0.25) is 4.80 Å². The Kier molecular flexibility index (Phi) is 5.58. The number of ether oxygens (including phenoxy) is 1. The average molecular weight is 397 g/mol. The SMILES string of the molecule is CCOCCn1/c(=N/S(=O)(=O)c2ccc(Cl)cc2)sc2ccccc21. The van der Waals surface area contributed by atoms with Gasteiger partial charge in [0.25, 0.3) is 10.0 Å². The molecule has 0 aliphatic heterocycles. The molecule has 0 amide bonds. The van der Waals surface area contributed by atoms with Crippen LogP contribution in [0.2, 0.25) is 5.02 Å². The molecule has 25 heavy (non-hydrogen) atoms. The molecule has 1 aromatic heterocycles. The Morgan fingerprint density at radius 1 is 1.16 bits per heavy atom. The molecule has 0 fully saturated rings. The number of hydrogen-bond donors (Lipinski definition) is 0. The Labute approximate surface area is 155 Å². The smallest absolute Gasteiger partial charge is 0.285 e. The van der Waals surface area contributed by atoms with Crippen molar-refractivity contribution < 1.29 is 13.2 Å². The lowest BCUT2D eigenvalue weighted by Gasteiger charge is -2.05. The number of hydrogen-bond acceptors (Lipinski definition) is 4. The molecule has 3 rings (SSSR count). The van der Waals surface area contributed by atoms with Crippen LogP contribution in [-0.4, -0.2) is 26.2 Å². The molecule has 0 atom stereocenters. The summed E-state index contributed by atoms with van der Waals surface area (Å²) in [5.74, 6) is 0. The zero-order chi connectivity index (χ0) is 17.9. The van der Waals surface area contributed by atoms with Crippen molar-refractivity contribution in [3.8, 4) is 0 Å². The summed E-state index contributed by atoms with van der Waals surface area (Å²) in [6.45, 7) is 3.56. The first-order chi connectivity index (χ1) is 12.0. The van der Waals surface area contributed by atoms with Gasteiger partial charge in [-0.3, -0.25) is 0 Å². The highest BCUT2D eigenvalue weighted by atomic mass is 35.5. The van der Waals surface area contributed by atoms with Crippen LogP contribution in [0.1, 0.15) is 6.92 Å². The van der Waals surface area contributed by atoms with Gasteiger partial charge in [0.1, 0.15) is 0 Å². The minimum Gasteiger partial charge on any atom is -0.380 e. The molecule has 132 valence electrons. The second-order valence-corrected chi connectivity index (χ2v) is 8.27. The van der Waals surface area contributed by atoms with Crippen molar-refractivity contribution in [2.24, 2.45) is 4.40 Å². The van der Waals surface area contributed by atoms with Crippen molar-refractivity contribution in [1.29, 1.82) is 0 Å². The van der Waals surface area contributed by atoms with Gasteiger partial charge in [0, 0.05) is 18.2 Å². The minimum absolute atomic E-state index is 0.116. The van der Waals surface area contributed by atoms with Gasteiger partial charge in [-0.2, -0.15) is 8.42 Å². The van der Waals surface area contributed by atoms with E-state index in [1.165, 1.54) is 35.6 Å². The highest BCUT2D eigenvalue weighted by molar-refractivity contribution is 7.90. The lowest BCUT2D eigenvalue weighted by molar-refractivity contribution is 0.139. The Hall–Kier alpha value is -1.67. The molecule has 0 bridgehead atoms. The molecule has 0 spiro atoms. The van der Waals surface area contributed by atoms with Crippen LogP contribution in [0.15, 0.2) is 57.8 Å². The van der Waals surface area contributed by atoms with E-state index in [0.29, 0.717) is 29.6 Å². The van der Waals surface area contributed by atoms with Gasteiger partial charge in [0.15, 0.2) is 0 Å². The quantitative estimate of drug-likeness (QED) is 0.597. The van der Waals surface area contributed by atoms with Gasteiger partial charge in [-0.15, -0.1) is 4.40 Å². The summed E-state index contributed by atoms with van der Waals surface area (Å²) in [5.41, 5.74) is 0.942. The molecule has 0 N–H and O–H groups in total. The first kappa shape index (κ1) is 18.1. The molecule has 1 heterocycles. The maximum absolute atomic E-state index is 12.6. The Morgan fingerprint density at radius 3 is 2.60 bits per heavy atom. The van der Waals surface area contributed by atoms with Crippen molar-refractivity contribution in [2.45, 2.75) is 18.4 Å². The third-order valence-corrected chi connectivity index (χ3v) is 6.27. The van der Waals surface area contributed by atoms with Gasteiger partial charge < -0.3 is 9.30 Å². The van der Waals surface area contributed by atoms with E-state index >= 15 is 0 Å². The molecule has 0 saturated carbocycles. The predicted molar refractivity (Wildman–Crippen MR) is 101 cm³/mol. The Balaban J connectivity index is 2.11. The van der Waals surface area contributed by atoms with E-state index in [1.807, 2.05) is 35.8 Å². The molecule has 3 aromatic rings. The third-order valence-electron chi connectivity index (χ3n) is 3.56. The number of sulfonamides is 1. The summed E-state index contributed by atoms with van der Waals surface area (Å²) in [6.07, 6.45) is 0. The number of aromatic nitrogens is 1. The van der Waals surface area contributed by atoms with Crippen molar-refractivity contribution >= 4 is 43.2 Å². The molecular weight excluding hydrogens is 380 g/mol. The molecule has 5 nitrogen and oxygen atoms in total. The van der Waals surface area contributed by atoms with Gasteiger partial charge >= 0.3 is 0 Å². The Bertz CT molecular complexity index is 1040. The van der Waals surface area contributed by atoms with Crippen LogP contribution in [0.25, 0.3) is 10.2 Å². The lowest BCUT2D eigenvalue weighted by atomic mass is 10.3. The van der Waals surface area contributed by atoms with E-state index < -0.39 is 10.0 Å². The monoisotopic (exact) mass is 396 g/mol. The van der Waals surface area contributed by atoms with E-state index in [-0.39, 0.29) is 4.90 Å². The van der Waals surface area contributed by atoms with Gasteiger partial charge in [-0.25, -0.2) is 0 Å². The summed E-state index contributed by atoms with van der Waals surface area (Å²) in [4.78, 5) is 0.543. The van der Waals surface area contributed by atoms with Gasteiger partial charge in [-0.05, 0) is 43.3 Å². The molecule has 0 aliphatic rings. The zero-order valence-electron chi connectivity index (χ0n) is 13.6. The van der Waals surface area contributed by atoms with Crippen LogP contribution in [0.3, 0.4) is 0 Å². The summed E-state index contributed by atoms with van der Waals surface area (Å²) in [6, 6.07) is 13.7. The van der Waals surface area contributed by atoms with E-state index in [1.54, 1.807) is 0 Å². The van der Waals surface area contributed by atoms with Crippen molar-refractivity contribution in [3.63, 3.8) is 0 Å². The highest BCUT2D eigenvalue weighted by Gasteiger charge is 2.14. The maximum atomic E-state index is 12.6. The van der Waals surface area contributed by atoms with Crippen LogP contribution in [-0.2, 0) is 21.3 Å². The number of benzene rings is 2. The number of para-hydroxylation sites is 1. The van der Waals surface area contributed by atoms with Crippen LogP contribution >= 0.6 is 22.9 Å². The molecule has 2 aromatic carbocycles. The first-order valence-electron chi connectivity index (χ1n) is 7.74. The normalized spacial score (nSPS) is 12.8. The lowest BCUT2D eigenvalue weighted by Crippen LogP contribution is -2.19. The fraction of sp³-hybridized carbons (Fsp3) is 0.235. The fourth-order valence-corrected chi connectivity index (χ4v) is 4.75. The summed E-state index contributed by atoms with van der Waals surface area (Å²) in [7, 11) is -3.82. The first-order valence-corrected chi connectivity index (χ1v) is 10.4.